The maximum absolute atomic E-state index is 11.6. The van der Waals surface area contributed by atoms with E-state index in [9.17, 15) is 9.59 Å². The molecule has 0 radical (unpaired) electrons. The van der Waals surface area contributed by atoms with Gasteiger partial charge >= 0.3 is 12.0 Å². The molecule has 7 heteroatoms. The highest BCUT2D eigenvalue weighted by Crippen LogP contribution is 2.45. The Morgan fingerprint density at radius 2 is 2.05 bits per heavy atom. The van der Waals surface area contributed by atoms with Crippen molar-refractivity contribution in [3.05, 3.63) is 17.0 Å². The van der Waals surface area contributed by atoms with Gasteiger partial charge in [0.25, 0.3) is 0 Å². The third-order valence-corrected chi connectivity index (χ3v) is 3.50. The first-order valence-corrected chi connectivity index (χ1v) is 6.11. The summed E-state index contributed by atoms with van der Waals surface area (Å²) in [5, 5.41) is 18.0. The van der Waals surface area contributed by atoms with Crippen LogP contribution in [0.1, 0.15) is 29.9 Å². The van der Waals surface area contributed by atoms with Crippen LogP contribution < -0.4 is 10.6 Å². The number of carbonyl (C=O) groups is 2. The number of aryl methyl sites for hydroxylation is 2. The maximum Gasteiger partial charge on any atom is 0.315 e. The minimum atomic E-state index is -0.849. The van der Waals surface area contributed by atoms with Crippen LogP contribution in [0.3, 0.4) is 0 Å². The fourth-order valence-corrected chi connectivity index (χ4v) is 1.85. The van der Waals surface area contributed by atoms with Crippen LogP contribution in [0.15, 0.2) is 4.52 Å². The van der Waals surface area contributed by atoms with Crippen molar-refractivity contribution in [2.75, 3.05) is 6.54 Å². The summed E-state index contributed by atoms with van der Waals surface area (Å²) in [5.74, 6) is -0.180. The average molecular weight is 267 g/mol. The Morgan fingerprint density at radius 1 is 1.37 bits per heavy atom. The lowest BCUT2D eigenvalue weighted by atomic mass is 10.1. The molecule has 0 spiro atoms. The third-order valence-electron chi connectivity index (χ3n) is 3.50. The second-order valence-electron chi connectivity index (χ2n) is 4.92. The van der Waals surface area contributed by atoms with E-state index in [-0.39, 0.29) is 12.6 Å². The third kappa shape index (κ3) is 2.86. The molecule has 0 bridgehead atoms. The number of rotatable bonds is 5. The van der Waals surface area contributed by atoms with Crippen LogP contribution in [-0.4, -0.2) is 28.8 Å². The minimum Gasteiger partial charge on any atom is -0.481 e. The zero-order valence-corrected chi connectivity index (χ0v) is 10.9. The Bertz CT molecular complexity index is 486. The van der Waals surface area contributed by atoms with Crippen molar-refractivity contribution in [1.29, 1.82) is 0 Å². The minimum absolute atomic E-state index is 0.162. The Morgan fingerprint density at radius 3 is 2.53 bits per heavy atom. The highest BCUT2D eigenvalue weighted by molar-refractivity contribution is 5.80. The van der Waals surface area contributed by atoms with Crippen LogP contribution in [0, 0.1) is 19.3 Å². The van der Waals surface area contributed by atoms with Gasteiger partial charge in [0.05, 0.1) is 11.1 Å². The number of carboxylic acid groups (broad SMARTS) is 1. The summed E-state index contributed by atoms with van der Waals surface area (Å²) in [6.45, 7) is 4.05. The Labute approximate surface area is 110 Å². The molecule has 1 saturated carbocycles. The Kier molecular flexibility index (Phi) is 3.46. The highest BCUT2D eigenvalue weighted by Gasteiger charge is 2.50. The number of nitrogens with one attached hydrogen (secondary N) is 2. The van der Waals surface area contributed by atoms with Crippen LogP contribution in [0.4, 0.5) is 4.79 Å². The van der Waals surface area contributed by atoms with Gasteiger partial charge in [-0.15, -0.1) is 0 Å². The Hall–Kier alpha value is -2.05. The molecule has 104 valence electrons. The van der Waals surface area contributed by atoms with Crippen molar-refractivity contribution >= 4 is 12.0 Å². The van der Waals surface area contributed by atoms with Crippen molar-refractivity contribution in [1.82, 2.24) is 15.8 Å². The number of amides is 2. The predicted octanol–water partition coefficient (Wildman–Crippen LogP) is 0.955. The van der Waals surface area contributed by atoms with E-state index in [0.29, 0.717) is 25.1 Å². The van der Waals surface area contributed by atoms with E-state index in [4.69, 9.17) is 9.63 Å². The fraction of sp³-hybridized carbons (Fsp3) is 0.583. The fourth-order valence-electron chi connectivity index (χ4n) is 1.85. The monoisotopic (exact) mass is 267 g/mol. The molecule has 0 atom stereocenters. The van der Waals surface area contributed by atoms with Crippen LogP contribution in [0.25, 0.3) is 0 Å². The SMILES string of the molecule is Cc1noc(C)c1CNC(=O)NCC1(C(=O)O)CC1. The van der Waals surface area contributed by atoms with Gasteiger partial charge in [-0.2, -0.15) is 0 Å². The largest absolute Gasteiger partial charge is 0.481 e. The molecule has 2 amide bonds. The van der Waals surface area contributed by atoms with E-state index in [1.807, 2.05) is 0 Å². The van der Waals surface area contributed by atoms with Gasteiger partial charge in [0.15, 0.2) is 0 Å². The van der Waals surface area contributed by atoms with E-state index < -0.39 is 11.4 Å². The molecule has 7 nitrogen and oxygen atoms in total. The first kappa shape index (κ1) is 13.4. The van der Waals surface area contributed by atoms with Gasteiger partial charge in [-0.05, 0) is 26.7 Å². The lowest BCUT2D eigenvalue weighted by molar-refractivity contribution is -0.143. The van der Waals surface area contributed by atoms with Gasteiger partial charge in [-0.3, -0.25) is 4.79 Å². The van der Waals surface area contributed by atoms with Gasteiger partial charge in [0.2, 0.25) is 0 Å². The molecule has 0 aliphatic heterocycles. The molecule has 3 N–H and O–H groups in total. The summed E-state index contributed by atoms with van der Waals surface area (Å²) >= 11 is 0. The number of hydrogen-bond donors (Lipinski definition) is 3. The van der Waals surface area contributed by atoms with E-state index in [1.165, 1.54) is 0 Å². The summed E-state index contributed by atoms with van der Waals surface area (Å²) in [6.07, 6.45) is 1.24. The predicted molar refractivity (Wildman–Crippen MR) is 65.5 cm³/mol. The molecule has 2 rings (SSSR count). The number of carbonyl (C=O) groups excluding carboxylic acids is 1. The normalized spacial score (nSPS) is 15.9. The van der Waals surface area contributed by atoms with Gasteiger partial charge in [-0.25, -0.2) is 4.79 Å². The van der Waals surface area contributed by atoms with Crippen molar-refractivity contribution in [2.24, 2.45) is 5.41 Å². The van der Waals surface area contributed by atoms with Crippen molar-refractivity contribution < 1.29 is 19.2 Å². The van der Waals surface area contributed by atoms with E-state index in [0.717, 1.165) is 11.3 Å². The van der Waals surface area contributed by atoms with Crippen LogP contribution in [0.2, 0.25) is 0 Å². The van der Waals surface area contributed by atoms with Crippen molar-refractivity contribution in [3.63, 3.8) is 0 Å². The number of urea groups is 1. The summed E-state index contributed by atoms with van der Waals surface area (Å²) in [6, 6.07) is -0.382. The molecule has 0 saturated heterocycles. The molecule has 1 aromatic rings. The summed E-state index contributed by atoms with van der Waals surface area (Å²) in [7, 11) is 0. The topological polar surface area (TPSA) is 104 Å². The molecule has 1 aromatic heterocycles. The molecule has 0 unspecified atom stereocenters. The van der Waals surface area contributed by atoms with E-state index in [1.54, 1.807) is 13.8 Å². The van der Waals surface area contributed by atoms with Crippen LogP contribution in [0.5, 0.6) is 0 Å². The molecule has 19 heavy (non-hydrogen) atoms. The number of nitrogens with zero attached hydrogens (tertiary/aromatic N) is 1. The molecule has 0 aromatic carbocycles. The lowest BCUT2D eigenvalue weighted by Gasteiger charge is -2.11. The van der Waals surface area contributed by atoms with Crippen LogP contribution >= 0.6 is 0 Å². The van der Waals surface area contributed by atoms with E-state index in [2.05, 4.69) is 15.8 Å². The zero-order valence-electron chi connectivity index (χ0n) is 10.9. The van der Waals surface area contributed by atoms with E-state index >= 15 is 0 Å². The van der Waals surface area contributed by atoms with Gasteiger partial charge in [-0.1, -0.05) is 5.16 Å². The quantitative estimate of drug-likeness (QED) is 0.737. The first-order chi connectivity index (χ1) is 8.94. The second kappa shape index (κ2) is 4.91. The van der Waals surface area contributed by atoms with Gasteiger partial charge < -0.3 is 20.3 Å². The van der Waals surface area contributed by atoms with Crippen molar-refractivity contribution in [3.8, 4) is 0 Å². The zero-order chi connectivity index (χ0) is 14.0. The van der Waals surface area contributed by atoms with Crippen molar-refractivity contribution in [2.45, 2.75) is 33.2 Å². The molecule has 1 aliphatic carbocycles. The standard InChI is InChI=1S/C12H17N3O4/c1-7-9(8(2)19-15-7)5-13-11(18)14-6-12(3-4-12)10(16)17/h3-6H2,1-2H3,(H,16,17)(H2,13,14,18). The van der Waals surface area contributed by atoms with Gasteiger partial charge in [0, 0.05) is 18.7 Å². The molecule has 1 fully saturated rings. The smallest absolute Gasteiger partial charge is 0.315 e. The average Bonchev–Trinajstić information content (AvgIpc) is 3.09. The summed E-state index contributed by atoms with van der Waals surface area (Å²) in [5.41, 5.74) is 0.830. The maximum atomic E-state index is 11.6. The number of carboxylic acids is 1. The summed E-state index contributed by atoms with van der Waals surface area (Å²) < 4.78 is 4.98. The number of aliphatic carboxylic acids is 1. The number of hydrogen-bond acceptors (Lipinski definition) is 4. The number of aromatic nitrogens is 1. The molecular weight excluding hydrogens is 250 g/mol. The van der Waals surface area contributed by atoms with Crippen LogP contribution in [-0.2, 0) is 11.3 Å². The lowest BCUT2D eigenvalue weighted by Crippen LogP contribution is -2.40. The molecular formula is C12H17N3O4. The molecule has 1 heterocycles. The summed E-state index contributed by atoms with van der Waals surface area (Å²) in [4.78, 5) is 22.5. The second-order valence-corrected chi connectivity index (χ2v) is 4.92. The molecule has 1 aliphatic rings. The first-order valence-electron chi connectivity index (χ1n) is 6.11. The highest BCUT2D eigenvalue weighted by atomic mass is 16.5. The Balaban J connectivity index is 1.78. The van der Waals surface area contributed by atoms with Gasteiger partial charge in [0.1, 0.15) is 5.76 Å².